The van der Waals surface area contributed by atoms with Crippen LogP contribution in [0.4, 0.5) is 0 Å². The highest BCUT2D eigenvalue weighted by atomic mass is 79.9. The van der Waals surface area contributed by atoms with Gasteiger partial charge in [-0.3, -0.25) is 0 Å². The van der Waals surface area contributed by atoms with E-state index in [9.17, 15) is 0 Å². The van der Waals surface area contributed by atoms with Gasteiger partial charge in [-0.05, 0) is 24.1 Å². The lowest BCUT2D eigenvalue weighted by Gasteiger charge is -2.00. The minimum Gasteiger partial charge on any atom is -0.0985 e. The van der Waals surface area contributed by atoms with Crippen molar-refractivity contribution in [2.75, 3.05) is 0 Å². The predicted octanol–water partition coefficient (Wildman–Crippen LogP) is 3.40. The van der Waals surface area contributed by atoms with E-state index in [1.54, 1.807) is 0 Å². The van der Waals surface area contributed by atoms with E-state index < -0.39 is 0 Å². The molecule has 0 nitrogen and oxygen atoms in total. The first-order valence-corrected chi connectivity index (χ1v) is 3.92. The van der Waals surface area contributed by atoms with Gasteiger partial charge in [-0.25, -0.2) is 0 Å². The monoisotopic (exact) mass is 196 g/mol. The van der Waals surface area contributed by atoms with Crippen molar-refractivity contribution in [2.24, 2.45) is 0 Å². The van der Waals surface area contributed by atoms with Crippen LogP contribution in [0, 0.1) is 6.92 Å². The van der Waals surface area contributed by atoms with Gasteiger partial charge < -0.3 is 0 Å². The fourth-order valence-corrected chi connectivity index (χ4v) is 1.23. The molecule has 0 bridgehead atoms. The SMILES string of the molecule is C=Cc1cccc(Br)c1C. The molecule has 0 aliphatic heterocycles. The van der Waals surface area contributed by atoms with Gasteiger partial charge in [-0.2, -0.15) is 0 Å². The van der Waals surface area contributed by atoms with E-state index in [2.05, 4.69) is 29.4 Å². The summed E-state index contributed by atoms with van der Waals surface area (Å²) in [4.78, 5) is 0. The van der Waals surface area contributed by atoms with E-state index in [0.29, 0.717) is 0 Å². The molecule has 0 saturated heterocycles. The molecular weight excluding hydrogens is 188 g/mol. The van der Waals surface area contributed by atoms with Gasteiger partial charge in [0.2, 0.25) is 0 Å². The van der Waals surface area contributed by atoms with Crippen LogP contribution in [-0.4, -0.2) is 0 Å². The second-order valence-corrected chi connectivity index (χ2v) is 3.01. The van der Waals surface area contributed by atoms with E-state index in [0.717, 1.165) is 4.47 Å². The largest absolute Gasteiger partial charge is 0.0985 e. The Balaban J connectivity index is 3.27. The second-order valence-electron chi connectivity index (χ2n) is 2.16. The van der Waals surface area contributed by atoms with Gasteiger partial charge in [-0.15, -0.1) is 0 Å². The highest BCUT2D eigenvalue weighted by molar-refractivity contribution is 9.10. The van der Waals surface area contributed by atoms with Crippen LogP contribution in [0.3, 0.4) is 0 Å². The van der Waals surface area contributed by atoms with Crippen LogP contribution in [0.15, 0.2) is 29.3 Å². The van der Waals surface area contributed by atoms with Gasteiger partial charge in [0.05, 0.1) is 0 Å². The molecule has 0 unspecified atom stereocenters. The Kier molecular flexibility index (Phi) is 2.28. The van der Waals surface area contributed by atoms with Crippen LogP contribution in [0.2, 0.25) is 0 Å². The molecule has 0 heterocycles. The third-order valence-electron chi connectivity index (χ3n) is 1.53. The molecule has 1 rings (SSSR count). The number of benzene rings is 1. The predicted molar refractivity (Wildman–Crippen MR) is 49.0 cm³/mol. The zero-order chi connectivity index (χ0) is 7.56. The van der Waals surface area contributed by atoms with Crippen molar-refractivity contribution in [2.45, 2.75) is 6.92 Å². The van der Waals surface area contributed by atoms with Gasteiger partial charge in [0.25, 0.3) is 0 Å². The highest BCUT2D eigenvalue weighted by Gasteiger charge is 1.95. The molecular formula is C9H9Br. The Bertz CT molecular complexity index is 251. The molecule has 0 radical (unpaired) electrons. The van der Waals surface area contributed by atoms with E-state index in [1.807, 2.05) is 24.3 Å². The van der Waals surface area contributed by atoms with Crippen molar-refractivity contribution >= 4 is 22.0 Å². The van der Waals surface area contributed by atoms with Crippen molar-refractivity contribution in [1.82, 2.24) is 0 Å². The first-order valence-electron chi connectivity index (χ1n) is 3.13. The summed E-state index contributed by atoms with van der Waals surface area (Å²) in [6.07, 6.45) is 1.86. The summed E-state index contributed by atoms with van der Waals surface area (Å²) in [5, 5.41) is 0. The summed E-state index contributed by atoms with van der Waals surface area (Å²) in [5.74, 6) is 0. The minimum atomic E-state index is 1.14. The van der Waals surface area contributed by atoms with Gasteiger partial charge in [-0.1, -0.05) is 40.7 Å². The van der Waals surface area contributed by atoms with Crippen LogP contribution in [0.5, 0.6) is 0 Å². The maximum atomic E-state index is 3.71. The summed E-state index contributed by atoms with van der Waals surface area (Å²) in [5.41, 5.74) is 2.44. The van der Waals surface area contributed by atoms with Crippen LogP contribution in [-0.2, 0) is 0 Å². The van der Waals surface area contributed by atoms with Crippen LogP contribution >= 0.6 is 15.9 Å². The molecule has 0 aliphatic carbocycles. The molecule has 1 aromatic carbocycles. The lowest BCUT2D eigenvalue weighted by atomic mass is 10.1. The maximum absolute atomic E-state index is 3.71. The molecule has 0 N–H and O–H groups in total. The standard InChI is InChI=1S/C9H9Br/c1-3-8-5-4-6-9(10)7(8)2/h3-6H,1H2,2H3. The molecule has 0 atom stereocenters. The average Bonchev–Trinajstić information content (AvgIpc) is 1.95. The third kappa shape index (κ3) is 1.29. The first-order chi connectivity index (χ1) is 4.75. The summed E-state index contributed by atoms with van der Waals surface area (Å²) in [6.45, 7) is 5.78. The smallest absolute Gasteiger partial charge is 0.0210 e. The van der Waals surface area contributed by atoms with Crippen LogP contribution in [0.25, 0.3) is 6.08 Å². The van der Waals surface area contributed by atoms with E-state index in [4.69, 9.17) is 0 Å². The first kappa shape index (κ1) is 7.55. The molecule has 1 heteroatoms. The van der Waals surface area contributed by atoms with Crippen molar-refractivity contribution in [3.63, 3.8) is 0 Å². The van der Waals surface area contributed by atoms with E-state index >= 15 is 0 Å². The number of hydrogen-bond donors (Lipinski definition) is 0. The van der Waals surface area contributed by atoms with Gasteiger partial charge in [0, 0.05) is 4.47 Å². The van der Waals surface area contributed by atoms with Crippen molar-refractivity contribution < 1.29 is 0 Å². The van der Waals surface area contributed by atoms with E-state index in [1.165, 1.54) is 11.1 Å². The van der Waals surface area contributed by atoms with Crippen molar-refractivity contribution in [3.05, 3.63) is 40.4 Å². The van der Waals surface area contributed by atoms with Crippen molar-refractivity contribution in [1.29, 1.82) is 0 Å². The minimum absolute atomic E-state index is 1.14. The Labute approximate surface area is 69.7 Å². The lowest BCUT2D eigenvalue weighted by Crippen LogP contribution is -1.79. The highest BCUT2D eigenvalue weighted by Crippen LogP contribution is 2.19. The molecule has 52 valence electrons. The fraction of sp³-hybridized carbons (Fsp3) is 0.111. The maximum Gasteiger partial charge on any atom is 0.0210 e. The zero-order valence-corrected chi connectivity index (χ0v) is 7.48. The second kappa shape index (κ2) is 3.02. The zero-order valence-electron chi connectivity index (χ0n) is 5.89. The Morgan fingerprint density at radius 3 is 2.70 bits per heavy atom. The summed E-state index contributed by atoms with van der Waals surface area (Å²) in [7, 11) is 0. The third-order valence-corrected chi connectivity index (χ3v) is 2.39. The van der Waals surface area contributed by atoms with Crippen LogP contribution < -0.4 is 0 Å². The molecule has 10 heavy (non-hydrogen) atoms. The summed E-state index contributed by atoms with van der Waals surface area (Å²) >= 11 is 3.44. The molecule has 0 aliphatic rings. The number of hydrogen-bond acceptors (Lipinski definition) is 0. The quantitative estimate of drug-likeness (QED) is 0.647. The van der Waals surface area contributed by atoms with Crippen molar-refractivity contribution in [3.8, 4) is 0 Å². The summed E-state index contributed by atoms with van der Waals surface area (Å²) in [6, 6.07) is 6.09. The Morgan fingerprint density at radius 2 is 2.20 bits per heavy atom. The fourth-order valence-electron chi connectivity index (χ4n) is 0.845. The molecule has 0 amide bonds. The molecule has 0 saturated carbocycles. The van der Waals surface area contributed by atoms with Gasteiger partial charge in [0.1, 0.15) is 0 Å². The normalized spacial score (nSPS) is 9.40. The number of rotatable bonds is 1. The molecule has 0 spiro atoms. The van der Waals surface area contributed by atoms with Gasteiger partial charge >= 0.3 is 0 Å². The average molecular weight is 197 g/mol. The lowest BCUT2D eigenvalue weighted by molar-refractivity contribution is 1.41. The Hall–Kier alpha value is -0.560. The summed E-state index contributed by atoms with van der Waals surface area (Å²) < 4.78 is 1.14. The molecule has 1 aromatic rings. The van der Waals surface area contributed by atoms with E-state index in [-0.39, 0.29) is 0 Å². The topological polar surface area (TPSA) is 0 Å². The Morgan fingerprint density at radius 1 is 1.50 bits per heavy atom. The molecule has 0 aromatic heterocycles. The van der Waals surface area contributed by atoms with Crippen LogP contribution in [0.1, 0.15) is 11.1 Å². The molecule has 0 fully saturated rings. The van der Waals surface area contributed by atoms with Gasteiger partial charge in [0.15, 0.2) is 0 Å². The number of halogens is 1.